The lowest BCUT2D eigenvalue weighted by atomic mass is 9.79. The van der Waals surface area contributed by atoms with E-state index in [0.717, 1.165) is 32.1 Å². The van der Waals surface area contributed by atoms with Crippen molar-refractivity contribution >= 4 is 11.9 Å². The highest BCUT2D eigenvalue weighted by atomic mass is 16.2. The zero-order valence-corrected chi connectivity index (χ0v) is 14.1. The van der Waals surface area contributed by atoms with Crippen LogP contribution in [0.2, 0.25) is 0 Å². The highest BCUT2D eigenvalue weighted by molar-refractivity contribution is 5.91. The van der Waals surface area contributed by atoms with Crippen molar-refractivity contribution in [1.82, 2.24) is 15.5 Å². The van der Waals surface area contributed by atoms with E-state index in [2.05, 4.69) is 24.5 Å². The zero-order valence-electron chi connectivity index (χ0n) is 14.1. The summed E-state index contributed by atoms with van der Waals surface area (Å²) in [6.45, 7) is 7.98. The van der Waals surface area contributed by atoms with Crippen LogP contribution in [0.25, 0.3) is 0 Å². The van der Waals surface area contributed by atoms with Crippen molar-refractivity contribution in [2.24, 2.45) is 11.1 Å². The van der Waals surface area contributed by atoms with Crippen molar-refractivity contribution in [1.29, 1.82) is 0 Å². The molecule has 4 N–H and O–H groups in total. The largest absolute Gasteiger partial charge is 0.340 e. The van der Waals surface area contributed by atoms with Crippen LogP contribution in [-0.2, 0) is 4.79 Å². The van der Waals surface area contributed by atoms with Gasteiger partial charge in [-0.25, -0.2) is 4.79 Å². The number of nitrogens with zero attached hydrogens (tertiary/aromatic N) is 1. The van der Waals surface area contributed by atoms with E-state index in [-0.39, 0.29) is 23.4 Å². The highest BCUT2D eigenvalue weighted by Crippen LogP contribution is 2.35. The molecule has 6 nitrogen and oxygen atoms in total. The summed E-state index contributed by atoms with van der Waals surface area (Å²) in [4.78, 5) is 27.0. The van der Waals surface area contributed by atoms with Crippen LogP contribution in [0.5, 0.6) is 0 Å². The third-order valence-corrected chi connectivity index (χ3v) is 5.16. The number of carbonyl (C=O) groups excluding carboxylic acids is 2. The maximum atomic E-state index is 13.1. The molecule has 0 radical (unpaired) electrons. The summed E-state index contributed by atoms with van der Waals surface area (Å²) in [5.41, 5.74) is 5.35. The van der Waals surface area contributed by atoms with Gasteiger partial charge in [-0.2, -0.15) is 0 Å². The van der Waals surface area contributed by atoms with Gasteiger partial charge in [0.05, 0.1) is 0 Å². The average Bonchev–Trinajstić information content (AvgIpc) is 2.91. The minimum Gasteiger partial charge on any atom is -0.340 e. The van der Waals surface area contributed by atoms with E-state index in [1.165, 1.54) is 0 Å². The molecule has 0 aromatic heterocycles. The smallest absolute Gasteiger partial charge is 0.315 e. The predicted molar refractivity (Wildman–Crippen MR) is 86.4 cm³/mol. The molecule has 1 saturated carbocycles. The number of hydrogen-bond acceptors (Lipinski definition) is 3. The molecule has 1 heterocycles. The van der Waals surface area contributed by atoms with Gasteiger partial charge in [-0.3, -0.25) is 4.79 Å². The van der Waals surface area contributed by atoms with Crippen molar-refractivity contribution in [3.05, 3.63) is 0 Å². The summed E-state index contributed by atoms with van der Waals surface area (Å²) in [5, 5.41) is 5.69. The molecular formula is C16H30N4O2. The number of carbonyl (C=O) groups is 2. The third-order valence-electron chi connectivity index (χ3n) is 5.16. The van der Waals surface area contributed by atoms with Crippen LogP contribution in [-0.4, -0.2) is 48.1 Å². The van der Waals surface area contributed by atoms with Crippen molar-refractivity contribution < 1.29 is 9.59 Å². The van der Waals surface area contributed by atoms with Crippen molar-refractivity contribution in [2.75, 3.05) is 19.6 Å². The van der Waals surface area contributed by atoms with E-state index in [0.29, 0.717) is 19.6 Å². The quantitative estimate of drug-likeness (QED) is 0.732. The Labute approximate surface area is 133 Å². The van der Waals surface area contributed by atoms with Crippen LogP contribution in [0.1, 0.15) is 52.9 Å². The number of likely N-dealkylation sites (tertiary alicyclic amines) is 1. The van der Waals surface area contributed by atoms with Crippen molar-refractivity contribution in [3.63, 3.8) is 0 Å². The first kappa shape index (κ1) is 17.1. The molecule has 0 spiro atoms. The second-order valence-corrected chi connectivity index (χ2v) is 7.38. The molecule has 6 heteroatoms. The van der Waals surface area contributed by atoms with Crippen LogP contribution in [0.4, 0.5) is 4.79 Å². The first-order valence-electron chi connectivity index (χ1n) is 8.42. The van der Waals surface area contributed by atoms with Crippen LogP contribution in [0.3, 0.4) is 0 Å². The lowest BCUT2D eigenvalue weighted by Gasteiger charge is -2.45. The van der Waals surface area contributed by atoms with Gasteiger partial charge in [0.2, 0.25) is 5.91 Å². The molecule has 2 aliphatic rings. The second kappa shape index (κ2) is 6.44. The Morgan fingerprint density at radius 3 is 2.45 bits per heavy atom. The minimum atomic E-state index is -0.725. The van der Waals surface area contributed by atoms with E-state index in [1.54, 1.807) is 0 Å². The third kappa shape index (κ3) is 3.37. The topological polar surface area (TPSA) is 87.5 Å². The monoisotopic (exact) mass is 310 g/mol. The Morgan fingerprint density at radius 2 is 1.91 bits per heavy atom. The summed E-state index contributed by atoms with van der Waals surface area (Å²) in [7, 11) is 0. The van der Waals surface area contributed by atoms with Gasteiger partial charge in [-0.05, 0) is 31.6 Å². The summed E-state index contributed by atoms with van der Waals surface area (Å²) in [6, 6.07) is -0.127. The van der Waals surface area contributed by atoms with Gasteiger partial charge in [-0.15, -0.1) is 0 Å². The molecular weight excluding hydrogens is 280 g/mol. The number of hydrogen-bond donors (Lipinski definition) is 3. The summed E-state index contributed by atoms with van der Waals surface area (Å²) in [5.74, 6) is 0.0660. The lowest BCUT2D eigenvalue weighted by Crippen LogP contribution is -2.63. The Hall–Kier alpha value is -1.30. The molecule has 0 aromatic rings. The van der Waals surface area contributed by atoms with Gasteiger partial charge in [0, 0.05) is 25.7 Å². The van der Waals surface area contributed by atoms with Gasteiger partial charge < -0.3 is 21.3 Å². The lowest BCUT2D eigenvalue weighted by molar-refractivity contribution is -0.141. The summed E-state index contributed by atoms with van der Waals surface area (Å²) < 4.78 is 0. The van der Waals surface area contributed by atoms with Crippen molar-refractivity contribution in [3.8, 4) is 0 Å². The molecule has 1 aliphatic carbocycles. The number of urea groups is 1. The Balaban J connectivity index is 2.11. The molecule has 0 bridgehead atoms. The normalized spacial score (nSPS) is 26.5. The molecule has 0 aromatic carbocycles. The SMILES string of the molecule is CCNC(=O)NC1(C(=O)N2CCC(N)C(C)(C)C2)CCCC1. The van der Waals surface area contributed by atoms with Gasteiger partial charge in [0.25, 0.3) is 0 Å². The van der Waals surface area contributed by atoms with E-state index in [4.69, 9.17) is 5.73 Å². The van der Waals surface area contributed by atoms with Gasteiger partial charge >= 0.3 is 6.03 Å². The van der Waals surface area contributed by atoms with Gasteiger partial charge in [-0.1, -0.05) is 26.7 Å². The summed E-state index contributed by atoms with van der Waals surface area (Å²) in [6.07, 6.45) is 4.23. The maximum absolute atomic E-state index is 13.1. The van der Waals surface area contributed by atoms with Crippen LogP contribution < -0.4 is 16.4 Å². The molecule has 1 saturated heterocycles. The highest BCUT2D eigenvalue weighted by Gasteiger charge is 2.47. The summed E-state index contributed by atoms with van der Waals surface area (Å²) >= 11 is 0. The van der Waals surface area contributed by atoms with Crippen LogP contribution in [0, 0.1) is 5.41 Å². The number of nitrogens with two attached hydrogens (primary N) is 1. The zero-order chi connectivity index (χ0) is 16.4. The first-order chi connectivity index (χ1) is 10.3. The van der Waals surface area contributed by atoms with Gasteiger partial charge in [0.15, 0.2) is 0 Å². The molecule has 2 fully saturated rings. The average molecular weight is 310 g/mol. The van der Waals surface area contributed by atoms with E-state index < -0.39 is 5.54 Å². The molecule has 1 aliphatic heterocycles. The maximum Gasteiger partial charge on any atom is 0.315 e. The Kier molecular flexibility index (Phi) is 5.00. The molecule has 2 rings (SSSR count). The minimum absolute atomic E-state index is 0.0660. The molecule has 1 atom stereocenters. The fourth-order valence-electron chi connectivity index (χ4n) is 3.64. The van der Waals surface area contributed by atoms with Crippen LogP contribution >= 0.6 is 0 Å². The predicted octanol–water partition coefficient (Wildman–Crippen LogP) is 1.20. The van der Waals surface area contributed by atoms with Gasteiger partial charge in [0.1, 0.15) is 5.54 Å². The van der Waals surface area contributed by atoms with Crippen LogP contribution in [0.15, 0.2) is 0 Å². The Bertz CT molecular complexity index is 430. The van der Waals surface area contributed by atoms with E-state index in [9.17, 15) is 9.59 Å². The van der Waals surface area contributed by atoms with E-state index >= 15 is 0 Å². The number of piperidine rings is 1. The number of rotatable bonds is 3. The molecule has 22 heavy (non-hydrogen) atoms. The standard InChI is InChI=1S/C16H30N4O2/c1-4-18-14(22)19-16(8-5-6-9-16)13(21)20-10-7-12(17)15(2,3)11-20/h12H,4-11,17H2,1-3H3,(H2,18,19,22). The molecule has 3 amide bonds. The number of nitrogens with one attached hydrogen (secondary N) is 2. The number of amides is 3. The Morgan fingerprint density at radius 1 is 1.27 bits per heavy atom. The van der Waals surface area contributed by atoms with Crippen molar-refractivity contribution in [2.45, 2.75) is 64.5 Å². The van der Waals surface area contributed by atoms with E-state index in [1.807, 2.05) is 11.8 Å². The fourth-order valence-corrected chi connectivity index (χ4v) is 3.64. The molecule has 126 valence electrons. The second-order valence-electron chi connectivity index (χ2n) is 7.38. The molecule has 1 unspecified atom stereocenters. The fraction of sp³-hybridized carbons (Fsp3) is 0.875. The first-order valence-corrected chi connectivity index (χ1v) is 8.42.